The van der Waals surface area contributed by atoms with Crippen LogP contribution in [-0.2, 0) is 19.1 Å². The number of rotatable bonds is 8. The SMILES string of the molecule is CCC(C)c1ccc(NC(=O)N2CCCN(C(=O)CC3CCOCC3)CC2)cc1.O=C(O)N1CCCN(C(=O)CC2CCOCC2)CC1.[NH-]c1ccc(OC(F)(F)F)cc1. The average molecular weight is 848 g/mol. The Morgan fingerprint density at radius 2 is 1.18 bits per heavy atom. The Hall–Kier alpha value is -4.77. The molecule has 1 unspecified atom stereocenters. The smallest absolute Gasteiger partial charge is 0.573 e. The summed E-state index contributed by atoms with van der Waals surface area (Å²) in [5.41, 5.74) is 9.24. The van der Waals surface area contributed by atoms with E-state index >= 15 is 0 Å². The number of alkyl halides is 3. The summed E-state index contributed by atoms with van der Waals surface area (Å²) in [6.45, 7) is 12.2. The van der Waals surface area contributed by atoms with Crippen molar-refractivity contribution in [2.45, 2.75) is 83.9 Å². The molecule has 4 aliphatic rings. The fraction of sp³-hybridized carbons (Fsp3) is 0.628. The zero-order chi connectivity index (χ0) is 43.5. The van der Waals surface area contributed by atoms with Crippen LogP contribution < -0.4 is 10.1 Å². The Morgan fingerprint density at radius 1 is 0.733 bits per heavy atom. The van der Waals surface area contributed by atoms with E-state index in [1.807, 2.05) is 26.8 Å². The minimum Gasteiger partial charge on any atom is -0.699 e. The number of hydrogen-bond donors (Lipinski definition) is 2. The van der Waals surface area contributed by atoms with Gasteiger partial charge in [0.15, 0.2) is 0 Å². The minimum absolute atomic E-state index is 0.0833. The standard InChI is InChI=1S/C23H35N3O3.C13H22N2O4.C7H5F3NO/c1-3-18(2)20-5-7-21(8-6-20)24-23(28)26-12-4-11-25(13-14-26)22(27)17-19-9-15-29-16-10-19;16-12(10-11-2-8-19-9-3-11)14-4-1-5-15(7-6-14)13(17)18;8-7(9,10)12-6-3-1-5(11)2-4-6/h5-8,18-19H,3-4,9-17H2,1-2H3,(H,24,28);11H,1-10H2,(H,17,18);1-4,11H/q;;-1. The molecule has 17 heteroatoms. The number of urea groups is 1. The van der Waals surface area contributed by atoms with Crippen molar-refractivity contribution in [1.82, 2.24) is 19.6 Å². The third kappa shape index (κ3) is 17.1. The Kier molecular flexibility index (Phi) is 19.5. The number of benzene rings is 2. The van der Waals surface area contributed by atoms with E-state index in [1.165, 1.54) is 22.6 Å². The maximum absolute atomic E-state index is 12.7. The molecule has 1 atom stereocenters. The van der Waals surface area contributed by atoms with Gasteiger partial charge in [-0.1, -0.05) is 38.1 Å². The van der Waals surface area contributed by atoms with Gasteiger partial charge in [0, 0.05) is 97.3 Å². The highest BCUT2D eigenvalue weighted by atomic mass is 19.4. The maximum atomic E-state index is 12.7. The number of nitrogens with zero attached hydrogens (tertiary/aromatic N) is 4. The third-order valence-corrected chi connectivity index (χ3v) is 11.3. The van der Waals surface area contributed by atoms with Gasteiger partial charge in [-0.15, -0.1) is 18.9 Å². The monoisotopic (exact) mass is 847 g/mol. The van der Waals surface area contributed by atoms with E-state index in [0.29, 0.717) is 76.4 Å². The highest BCUT2D eigenvalue weighted by molar-refractivity contribution is 5.89. The summed E-state index contributed by atoms with van der Waals surface area (Å²) in [5, 5.41) is 12.0. The van der Waals surface area contributed by atoms with Crippen LogP contribution >= 0.6 is 0 Å². The van der Waals surface area contributed by atoms with Crippen LogP contribution in [0.25, 0.3) is 5.73 Å². The summed E-state index contributed by atoms with van der Waals surface area (Å²) < 4.78 is 49.0. The molecular weight excluding hydrogens is 786 g/mol. The van der Waals surface area contributed by atoms with Crippen molar-refractivity contribution in [3.05, 3.63) is 59.8 Å². The summed E-state index contributed by atoms with van der Waals surface area (Å²) in [6.07, 6.45) is 2.15. The Balaban J connectivity index is 0.000000219. The number of halogens is 3. The lowest BCUT2D eigenvalue weighted by Crippen LogP contribution is -2.39. The van der Waals surface area contributed by atoms with Gasteiger partial charge in [0.2, 0.25) is 11.8 Å². The molecule has 0 bridgehead atoms. The molecule has 4 heterocycles. The minimum atomic E-state index is -4.66. The van der Waals surface area contributed by atoms with Crippen LogP contribution in [0, 0.1) is 11.8 Å². The molecule has 60 heavy (non-hydrogen) atoms. The van der Waals surface area contributed by atoms with Gasteiger partial charge >= 0.3 is 18.5 Å². The number of ether oxygens (including phenoxy) is 3. The summed E-state index contributed by atoms with van der Waals surface area (Å²) in [6, 6.07) is 12.7. The molecule has 6 rings (SSSR count). The Morgan fingerprint density at radius 3 is 1.65 bits per heavy atom. The maximum Gasteiger partial charge on any atom is 0.573 e. The molecule has 0 aromatic heterocycles. The molecule has 14 nitrogen and oxygen atoms in total. The lowest BCUT2D eigenvalue weighted by molar-refractivity contribution is -0.274. The quantitative estimate of drug-likeness (QED) is 0.268. The number of amides is 5. The molecule has 334 valence electrons. The first-order chi connectivity index (χ1) is 28.7. The van der Waals surface area contributed by atoms with Gasteiger partial charge in [-0.05, 0) is 92.5 Å². The number of carbonyl (C=O) groups is 4. The largest absolute Gasteiger partial charge is 0.699 e. The van der Waals surface area contributed by atoms with Crippen LogP contribution in [0.2, 0.25) is 0 Å². The average Bonchev–Trinajstić information content (AvgIpc) is 3.65. The summed E-state index contributed by atoms with van der Waals surface area (Å²) >= 11 is 0. The normalized spacial score (nSPS) is 18.7. The van der Waals surface area contributed by atoms with Crippen molar-refractivity contribution in [2.75, 3.05) is 84.1 Å². The Bertz CT molecular complexity index is 1620. The first kappa shape index (κ1) is 47.9. The van der Waals surface area contributed by atoms with Gasteiger partial charge in [-0.3, -0.25) is 9.59 Å². The van der Waals surface area contributed by atoms with Gasteiger partial charge in [0.1, 0.15) is 5.75 Å². The van der Waals surface area contributed by atoms with Crippen molar-refractivity contribution in [3.63, 3.8) is 0 Å². The van der Waals surface area contributed by atoms with Crippen LogP contribution in [0.4, 0.5) is 34.1 Å². The van der Waals surface area contributed by atoms with E-state index in [4.69, 9.17) is 20.3 Å². The molecule has 0 spiro atoms. The first-order valence-electron chi connectivity index (χ1n) is 21.1. The number of nitrogens with one attached hydrogen (secondary N) is 2. The van der Waals surface area contributed by atoms with Crippen molar-refractivity contribution < 1.29 is 51.7 Å². The molecule has 0 aliphatic carbocycles. The van der Waals surface area contributed by atoms with Gasteiger partial charge in [0.05, 0.1) is 0 Å². The molecule has 2 aromatic rings. The van der Waals surface area contributed by atoms with Crippen LogP contribution in [0.5, 0.6) is 5.75 Å². The predicted molar refractivity (Wildman–Crippen MR) is 221 cm³/mol. The van der Waals surface area contributed by atoms with Gasteiger partial charge in [-0.2, -0.15) is 0 Å². The first-order valence-corrected chi connectivity index (χ1v) is 21.1. The van der Waals surface area contributed by atoms with Crippen LogP contribution in [0.15, 0.2) is 48.5 Å². The van der Waals surface area contributed by atoms with E-state index in [2.05, 4.69) is 36.0 Å². The van der Waals surface area contributed by atoms with E-state index in [9.17, 15) is 32.3 Å². The third-order valence-electron chi connectivity index (χ3n) is 11.3. The second kappa shape index (κ2) is 24.5. The number of hydrogen-bond acceptors (Lipinski definition) is 7. The van der Waals surface area contributed by atoms with Crippen molar-refractivity contribution >= 4 is 35.3 Å². The van der Waals surface area contributed by atoms with Crippen molar-refractivity contribution in [3.8, 4) is 5.75 Å². The van der Waals surface area contributed by atoms with Crippen molar-refractivity contribution in [2.24, 2.45) is 11.8 Å². The lowest BCUT2D eigenvalue weighted by atomic mass is 9.96. The van der Waals surface area contributed by atoms with E-state index in [-0.39, 0.29) is 29.3 Å². The second-order valence-electron chi connectivity index (χ2n) is 15.7. The van der Waals surface area contributed by atoms with Gasteiger partial charge in [-0.25, -0.2) is 9.59 Å². The lowest BCUT2D eigenvalue weighted by Gasteiger charge is -2.26. The number of anilines is 1. The van der Waals surface area contributed by atoms with E-state index in [1.54, 1.807) is 0 Å². The molecule has 3 N–H and O–H groups in total. The second-order valence-corrected chi connectivity index (χ2v) is 15.7. The molecule has 0 saturated carbocycles. The number of carboxylic acid groups (broad SMARTS) is 1. The molecule has 4 fully saturated rings. The topological polar surface area (TPSA) is 165 Å². The van der Waals surface area contributed by atoms with E-state index < -0.39 is 12.5 Å². The summed E-state index contributed by atoms with van der Waals surface area (Å²) in [7, 11) is 0. The van der Waals surface area contributed by atoms with Crippen LogP contribution in [-0.4, -0.2) is 134 Å². The predicted octanol–water partition coefficient (Wildman–Crippen LogP) is 8.37. The summed E-state index contributed by atoms with van der Waals surface area (Å²) in [4.78, 5) is 55.4. The summed E-state index contributed by atoms with van der Waals surface area (Å²) in [5.74, 6) is 1.48. The zero-order valence-electron chi connectivity index (χ0n) is 34.9. The highest BCUT2D eigenvalue weighted by Gasteiger charge is 2.31. The molecular formula is C43H62F3N6O8-. The van der Waals surface area contributed by atoms with Gasteiger partial charge in [0.25, 0.3) is 0 Å². The van der Waals surface area contributed by atoms with Crippen molar-refractivity contribution in [1.29, 1.82) is 0 Å². The molecule has 2 aromatic carbocycles. The fourth-order valence-corrected chi connectivity index (χ4v) is 7.37. The van der Waals surface area contributed by atoms with Gasteiger partial charge < -0.3 is 50.0 Å². The molecule has 0 radical (unpaired) electrons. The molecule has 4 saturated heterocycles. The molecule has 4 aliphatic heterocycles. The highest BCUT2D eigenvalue weighted by Crippen LogP contribution is 2.25. The van der Waals surface area contributed by atoms with Crippen LogP contribution in [0.3, 0.4) is 0 Å². The fourth-order valence-electron chi connectivity index (χ4n) is 7.37. The number of carbonyl (C=O) groups excluding carboxylic acids is 3. The Labute approximate surface area is 351 Å². The van der Waals surface area contributed by atoms with Crippen LogP contribution in [0.1, 0.15) is 83.1 Å². The molecule has 5 amide bonds. The zero-order valence-corrected chi connectivity index (χ0v) is 34.9. The van der Waals surface area contributed by atoms with E-state index in [0.717, 1.165) is 95.7 Å².